The molecule has 2 heteroatoms. The molecule has 0 bridgehead atoms. The van der Waals surface area contributed by atoms with Crippen LogP contribution in [0.4, 0.5) is 28.4 Å². The van der Waals surface area contributed by atoms with Crippen molar-refractivity contribution in [3.8, 4) is 0 Å². The van der Waals surface area contributed by atoms with Crippen LogP contribution in [0.1, 0.15) is 52.3 Å². The van der Waals surface area contributed by atoms with Gasteiger partial charge in [-0.3, -0.25) is 0 Å². The third-order valence-electron chi connectivity index (χ3n) is 9.59. The van der Waals surface area contributed by atoms with Gasteiger partial charge in [-0.15, -0.1) is 0 Å². The summed E-state index contributed by atoms with van der Waals surface area (Å²) in [7, 11) is 0. The first-order valence-corrected chi connectivity index (χ1v) is 18.4. The van der Waals surface area contributed by atoms with Crippen molar-refractivity contribution in [3.05, 3.63) is 220 Å². The third kappa shape index (κ3) is 8.92. The summed E-state index contributed by atoms with van der Waals surface area (Å²) < 4.78 is 0. The van der Waals surface area contributed by atoms with Crippen LogP contribution in [-0.4, -0.2) is 0 Å². The summed E-state index contributed by atoms with van der Waals surface area (Å²) in [6.07, 6.45) is 18.5. The molecule has 0 radical (unpaired) electrons. The van der Waals surface area contributed by atoms with E-state index in [0.29, 0.717) is 0 Å². The van der Waals surface area contributed by atoms with E-state index in [0.717, 1.165) is 34.7 Å². The molecule has 53 heavy (non-hydrogen) atoms. The molecule has 7 rings (SSSR count). The zero-order valence-corrected chi connectivity index (χ0v) is 31.1. The van der Waals surface area contributed by atoms with E-state index < -0.39 is 0 Å². The Bertz CT molecular complexity index is 2240. The van der Waals surface area contributed by atoms with Crippen LogP contribution in [0, 0.1) is 20.8 Å². The van der Waals surface area contributed by atoms with E-state index in [2.05, 4.69) is 232 Å². The first kappa shape index (κ1) is 35.0. The molecule has 1 aliphatic carbocycles. The van der Waals surface area contributed by atoms with Crippen molar-refractivity contribution in [1.82, 2.24) is 0 Å². The highest BCUT2D eigenvalue weighted by Gasteiger charge is 2.15. The summed E-state index contributed by atoms with van der Waals surface area (Å²) >= 11 is 0. The second-order valence-electron chi connectivity index (χ2n) is 13.9. The molecule has 0 spiro atoms. The molecule has 0 unspecified atom stereocenters. The summed E-state index contributed by atoms with van der Waals surface area (Å²) in [6.45, 7) is 8.53. The second-order valence-corrected chi connectivity index (χ2v) is 13.9. The van der Waals surface area contributed by atoms with E-state index >= 15 is 0 Å². The van der Waals surface area contributed by atoms with Gasteiger partial charge in [-0.05, 0) is 117 Å². The standard InChI is InChI=1S/C51H46N2/c1-38-6-5-7-46(27-8-38)52(47-28-9-39(2)10-29-47)50-34-23-44(24-35-50)21-19-42-15-17-43(18-16-42)20-22-45-25-36-51(37-26-45)53(48-30-11-40(3)12-31-48)49-32-13-41(4)14-33-49/h5-6,8-37H,7H2,1-4H3/b21-19+,22-20+. The monoisotopic (exact) mass is 686 g/mol. The summed E-state index contributed by atoms with van der Waals surface area (Å²) in [6, 6.07) is 52.5. The Balaban J connectivity index is 1.02. The van der Waals surface area contributed by atoms with E-state index in [1.807, 2.05) is 0 Å². The quantitative estimate of drug-likeness (QED) is 0.132. The van der Waals surface area contributed by atoms with Crippen LogP contribution in [0.15, 0.2) is 181 Å². The van der Waals surface area contributed by atoms with Gasteiger partial charge in [0.1, 0.15) is 0 Å². The number of nitrogens with zero attached hydrogens (tertiary/aromatic N) is 2. The Labute approximate surface area is 315 Å². The fourth-order valence-corrected chi connectivity index (χ4v) is 6.46. The average Bonchev–Trinajstić information content (AvgIpc) is 3.41. The minimum Gasteiger partial charge on any atom is -0.314 e. The molecule has 260 valence electrons. The summed E-state index contributed by atoms with van der Waals surface area (Å²) in [5, 5.41) is 0. The molecule has 0 atom stereocenters. The fraction of sp³-hybridized carbons (Fsp3) is 0.0980. The minimum absolute atomic E-state index is 0.878. The first-order chi connectivity index (χ1) is 25.9. The zero-order chi connectivity index (χ0) is 36.6. The second kappa shape index (κ2) is 16.3. The van der Waals surface area contributed by atoms with E-state index in [1.54, 1.807) is 0 Å². The molecule has 1 aliphatic rings. The molecular formula is C51H46N2. The van der Waals surface area contributed by atoms with Gasteiger partial charge < -0.3 is 9.80 Å². The lowest BCUT2D eigenvalue weighted by Gasteiger charge is -2.27. The molecule has 0 fully saturated rings. The van der Waals surface area contributed by atoms with Crippen LogP contribution in [0.3, 0.4) is 0 Å². The molecule has 0 saturated carbocycles. The largest absolute Gasteiger partial charge is 0.314 e. The maximum Gasteiger partial charge on any atom is 0.0462 e. The molecule has 2 nitrogen and oxygen atoms in total. The van der Waals surface area contributed by atoms with E-state index in [9.17, 15) is 0 Å². The van der Waals surface area contributed by atoms with Crippen molar-refractivity contribution >= 4 is 52.7 Å². The van der Waals surface area contributed by atoms with Crippen LogP contribution in [0.25, 0.3) is 24.3 Å². The van der Waals surface area contributed by atoms with Crippen LogP contribution < -0.4 is 9.80 Å². The number of aryl methyl sites for hydroxylation is 3. The predicted molar refractivity (Wildman–Crippen MR) is 230 cm³/mol. The molecule has 0 aromatic heterocycles. The number of allylic oxidation sites excluding steroid dienone is 5. The molecule has 0 heterocycles. The van der Waals surface area contributed by atoms with Crippen LogP contribution in [0.5, 0.6) is 0 Å². The SMILES string of the molecule is CC1=CC=C(N(c2ccc(C)cc2)c2ccc(/C=C/c3ccc(/C=C/c4ccc(N(c5ccc(C)cc5)c5ccc(C)cc5)cc4)cc3)cc2)CC=C1. The van der Waals surface area contributed by atoms with Crippen LogP contribution in [0.2, 0.25) is 0 Å². The van der Waals surface area contributed by atoms with Gasteiger partial charge in [-0.1, -0.05) is 150 Å². The average molecular weight is 687 g/mol. The molecule has 0 saturated heterocycles. The van der Waals surface area contributed by atoms with E-state index in [4.69, 9.17) is 0 Å². The van der Waals surface area contributed by atoms with E-state index in [1.165, 1.54) is 50.3 Å². The zero-order valence-electron chi connectivity index (χ0n) is 31.1. The Morgan fingerprint density at radius 3 is 1.02 bits per heavy atom. The number of hydrogen-bond acceptors (Lipinski definition) is 2. The highest BCUT2D eigenvalue weighted by molar-refractivity contribution is 5.79. The molecule has 0 aliphatic heterocycles. The van der Waals surface area contributed by atoms with Gasteiger partial charge in [-0.25, -0.2) is 0 Å². The summed E-state index contributed by atoms with van der Waals surface area (Å²) in [5.41, 5.74) is 16.7. The number of anilines is 5. The highest BCUT2D eigenvalue weighted by atomic mass is 15.1. The Morgan fingerprint density at radius 1 is 0.358 bits per heavy atom. The van der Waals surface area contributed by atoms with Crippen molar-refractivity contribution in [2.24, 2.45) is 0 Å². The van der Waals surface area contributed by atoms with Crippen molar-refractivity contribution in [3.63, 3.8) is 0 Å². The van der Waals surface area contributed by atoms with Gasteiger partial charge in [0.25, 0.3) is 0 Å². The van der Waals surface area contributed by atoms with Crippen molar-refractivity contribution in [2.75, 3.05) is 9.80 Å². The lowest BCUT2D eigenvalue weighted by molar-refractivity contribution is 1.08. The molecule has 6 aromatic carbocycles. The minimum atomic E-state index is 0.878. The van der Waals surface area contributed by atoms with E-state index in [-0.39, 0.29) is 0 Å². The normalized spacial score (nSPS) is 12.8. The fourth-order valence-electron chi connectivity index (χ4n) is 6.46. The van der Waals surface area contributed by atoms with Crippen molar-refractivity contribution < 1.29 is 0 Å². The maximum atomic E-state index is 2.36. The van der Waals surface area contributed by atoms with Gasteiger partial charge in [-0.2, -0.15) is 0 Å². The first-order valence-electron chi connectivity index (χ1n) is 18.4. The number of benzene rings is 6. The van der Waals surface area contributed by atoms with Gasteiger partial charge >= 0.3 is 0 Å². The molecular weight excluding hydrogens is 641 g/mol. The molecule has 0 N–H and O–H groups in total. The van der Waals surface area contributed by atoms with Crippen LogP contribution >= 0.6 is 0 Å². The maximum absolute atomic E-state index is 2.36. The number of hydrogen-bond donors (Lipinski definition) is 0. The summed E-state index contributed by atoms with van der Waals surface area (Å²) in [4.78, 5) is 4.66. The number of rotatable bonds is 10. The molecule has 6 aromatic rings. The predicted octanol–water partition coefficient (Wildman–Crippen LogP) is 14.4. The smallest absolute Gasteiger partial charge is 0.0462 e. The van der Waals surface area contributed by atoms with Crippen LogP contribution in [-0.2, 0) is 0 Å². The van der Waals surface area contributed by atoms with Gasteiger partial charge in [0.05, 0.1) is 0 Å². The lowest BCUT2D eigenvalue weighted by atomic mass is 10.1. The van der Waals surface area contributed by atoms with Crippen molar-refractivity contribution in [2.45, 2.75) is 34.1 Å². The Kier molecular flexibility index (Phi) is 10.8. The van der Waals surface area contributed by atoms with Gasteiger partial charge in [0, 0.05) is 40.6 Å². The van der Waals surface area contributed by atoms with Gasteiger partial charge in [0.2, 0.25) is 0 Å². The topological polar surface area (TPSA) is 6.48 Å². The third-order valence-corrected chi connectivity index (χ3v) is 9.59. The highest BCUT2D eigenvalue weighted by Crippen LogP contribution is 2.36. The Morgan fingerprint density at radius 2 is 0.660 bits per heavy atom. The summed E-state index contributed by atoms with van der Waals surface area (Å²) in [5.74, 6) is 0. The Hall–Kier alpha value is -6.38. The van der Waals surface area contributed by atoms with Crippen molar-refractivity contribution in [1.29, 1.82) is 0 Å². The van der Waals surface area contributed by atoms with Gasteiger partial charge in [0.15, 0.2) is 0 Å². The molecule has 0 amide bonds. The lowest BCUT2D eigenvalue weighted by Crippen LogP contribution is -2.16.